The van der Waals surface area contributed by atoms with Crippen LogP contribution in [0.1, 0.15) is 39.0 Å². The van der Waals surface area contributed by atoms with Crippen molar-refractivity contribution in [2.75, 3.05) is 6.61 Å². The van der Waals surface area contributed by atoms with Crippen molar-refractivity contribution in [1.82, 2.24) is 9.55 Å². The summed E-state index contributed by atoms with van der Waals surface area (Å²) in [6.45, 7) is 2.92. The number of benzene rings is 3. The average molecular weight is 434 g/mol. The summed E-state index contributed by atoms with van der Waals surface area (Å²) < 4.78 is 8.44. The Morgan fingerprint density at radius 2 is 1.25 bits per heavy atom. The van der Waals surface area contributed by atoms with Gasteiger partial charge in [0.05, 0.1) is 18.0 Å². The molecule has 0 bridgehead atoms. The molecule has 3 aromatic carbocycles. The molecule has 1 heterocycles. The molecule has 0 fully saturated rings. The van der Waals surface area contributed by atoms with E-state index in [0.717, 1.165) is 34.6 Å². The van der Waals surface area contributed by atoms with E-state index < -0.39 is 0 Å². The van der Waals surface area contributed by atoms with Crippen molar-refractivity contribution in [3.8, 4) is 34.2 Å². The van der Waals surface area contributed by atoms with Gasteiger partial charge in [-0.15, -0.1) is 0 Å². The molecule has 3 nitrogen and oxygen atoms in total. The Bertz CT molecular complexity index is 1060. The second kappa shape index (κ2) is 12.6. The molecule has 4 aromatic rings. The van der Waals surface area contributed by atoms with Crippen LogP contribution >= 0.6 is 0 Å². The minimum atomic E-state index is 0. The molecular weight excluding hydrogens is 403 g/mol. The first-order valence-corrected chi connectivity index (χ1v) is 11.3. The van der Waals surface area contributed by atoms with E-state index >= 15 is 0 Å². The fraction of sp³-hybridized carbons (Fsp3) is 0.250. The summed E-state index contributed by atoms with van der Waals surface area (Å²) in [7, 11) is 0. The number of hydrogen-bond donors (Lipinski definition) is 0. The number of nitrogens with zero attached hydrogens (tertiary/aromatic N) is 2. The summed E-state index contributed by atoms with van der Waals surface area (Å²) in [5, 5.41) is 0. The molecule has 0 N–H and O–H groups in total. The minimum Gasteiger partial charge on any atom is -0.464 e. The summed E-state index contributed by atoms with van der Waals surface area (Å²) in [4.78, 5) is 5.01. The van der Waals surface area contributed by atoms with Crippen LogP contribution in [0.15, 0.2) is 91.0 Å². The van der Waals surface area contributed by atoms with E-state index in [1.54, 1.807) is 0 Å². The molecule has 0 aliphatic carbocycles. The largest absolute Gasteiger partial charge is 0.464 e. The molecule has 0 unspecified atom stereocenters. The van der Waals surface area contributed by atoms with Gasteiger partial charge in [-0.3, -0.25) is 4.57 Å². The van der Waals surface area contributed by atoms with Crippen LogP contribution in [0.3, 0.4) is 0 Å². The number of imidazole rings is 1. The van der Waals surface area contributed by atoms with Gasteiger partial charge in [-0.1, -0.05) is 111 Å². The van der Waals surface area contributed by atoms with Gasteiger partial charge in [0.25, 0.3) is 0 Å². The zero-order valence-corrected chi connectivity index (χ0v) is 21.2. The zero-order chi connectivity index (χ0) is 21.3. The topological polar surface area (TPSA) is 27.1 Å². The van der Waals surface area contributed by atoms with Crippen molar-refractivity contribution in [3.63, 3.8) is 0 Å². The van der Waals surface area contributed by atoms with E-state index in [1.165, 1.54) is 25.7 Å². The first kappa shape index (κ1) is 24.3. The van der Waals surface area contributed by atoms with Gasteiger partial charge in [-0.2, -0.15) is 4.98 Å². The molecule has 0 saturated carbocycles. The molecule has 4 rings (SSSR count). The van der Waals surface area contributed by atoms with Crippen LogP contribution in [0.2, 0.25) is 0 Å². The third kappa shape index (κ3) is 5.92. The molecule has 0 aliphatic rings. The first-order valence-electron chi connectivity index (χ1n) is 11.3. The van der Waals surface area contributed by atoms with E-state index in [-0.39, 0.29) is 29.6 Å². The molecule has 4 heteroatoms. The number of aromatic nitrogens is 2. The smallest absolute Gasteiger partial charge is 0.302 e. The van der Waals surface area contributed by atoms with Crippen molar-refractivity contribution in [2.24, 2.45) is 0 Å². The van der Waals surface area contributed by atoms with Crippen molar-refractivity contribution < 1.29 is 4.74 Å². The maximum absolute atomic E-state index is 6.29. The number of para-hydroxylation sites is 1. The monoisotopic (exact) mass is 433 g/mol. The van der Waals surface area contributed by atoms with Gasteiger partial charge in [0, 0.05) is 40.7 Å². The normalized spacial score (nSPS) is 10.5. The summed E-state index contributed by atoms with van der Waals surface area (Å²) in [6.07, 6.45) is 6.03. The van der Waals surface area contributed by atoms with Crippen molar-refractivity contribution >= 4 is 29.6 Å². The molecule has 159 valence electrons. The van der Waals surface area contributed by atoms with Gasteiger partial charge in [0.15, 0.2) is 0 Å². The van der Waals surface area contributed by atoms with E-state index in [0.29, 0.717) is 12.6 Å². The Morgan fingerprint density at radius 3 is 1.88 bits per heavy atom. The van der Waals surface area contributed by atoms with E-state index in [4.69, 9.17) is 9.72 Å². The fourth-order valence-corrected chi connectivity index (χ4v) is 3.84. The van der Waals surface area contributed by atoms with Gasteiger partial charge in [-0.25, -0.2) is 0 Å². The second-order valence-electron chi connectivity index (χ2n) is 7.76. The minimum absolute atomic E-state index is 0. The molecule has 32 heavy (non-hydrogen) atoms. The predicted octanol–water partition coefficient (Wildman–Crippen LogP) is 7.17. The number of unbranched alkanes of at least 4 members (excludes halogenated alkanes) is 4. The van der Waals surface area contributed by atoms with Crippen molar-refractivity contribution in [3.05, 3.63) is 91.0 Å². The van der Waals surface area contributed by atoms with Crippen LogP contribution in [-0.2, 0) is 0 Å². The Balaban J connectivity index is 0.00000289. The van der Waals surface area contributed by atoms with Crippen molar-refractivity contribution in [2.45, 2.75) is 39.0 Å². The number of rotatable bonds is 10. The first-order chi connectivity index (χ1) is 15.4. The Hall–Kier alpha value is -2.33. The second-order valence-corrected chi connectivity index (χ2v) is 7.76. The molecule has 0 aliphatic heterocycles. The summed E-state index contributed by atoms with van der Waals surface area (Å²) in [5.41, 5.74) is 5.26. The molecule has 0 spiro atoms. The number of hydrogen-bond acceptors (Lipinski definition) is 2. The number of ether oxygens (including phenoxy) is 1. The SMILES string of the molecule is CCCCCCCOc1nc(-c2ccccc2)c(-c2ccccc2)n1-c1ccccc1.[Na]. The molecule has 1 radical (unpaired) electrons. The Kier molecular flexibility index (Phi) is 9.61. The maximum atomic E-state index is 6.29. The van der Waals surface area contributed by atoms with E-state index in [9.17, 15) is 0 Å². The Labute approximate surface area is 213 Å². The van der Waals surface area contributed by atoms with Gasteiger partial charge >= 0.3 is 6.01 Å². The van der Waals surface area contributed by atoms with Crippen LogP contribution < -0.4 is 4.74 Å². The van der Waals surface area contributed by atoms with Crippen LogP contribution in [0.4, 0.5) is 0 Å². The molecule has 1 aromatic heterocycles. The van der Waals surface area contributed by atoms with Crippen LogP contribution in [0.25, 0.3) is 28.2 Å². The maximum Gasteiger partial charge on any atom is 0.302 e. The quantitative estimate of drug-likeness (QED) is 0.196. The summed E-state index contributed by atoms with van der Waals surface area (Å²) >= 11 is 0. The fourth-order valence-electron chi connectivity index (χ4n) is 3.84. The predicted molar refractivity (Wildman–Crippen MR) is 134 cm³/mol. The van der Waals surface area contributed by atoms with Crippen LogP contribution in [-0.4, -0.2) is 45.7 Å². The van der Waals surface area contributed by atoms with Crippen LogP contribution in [0, 0.1) is 0 Å². The van der Waals surface area contributed by atoms with Crippen LogP contribution in [0.5, 0.6) is 6.01 Å². The molecule has 0 amide bonds. The van der Waals surface area contributed by atoms with Crippen molar-refractivity contribution in [1.29, 1.82) is 0 Å². The third-order valence-corrected chi connectivity index (χ3v) is 5.43. The molecule has 0 atom stereocenters. The van der Waals surface area contributed by atoms with E-state index in [2.05, 4.69) is 84.3 Å². The van der Waals surface area contributed by atoms with Gasteiger partial charge in [0.1, 0.15) is 5.69 Å². The van der Waals surface area contributed by atoms with Gasteiger partial charge in [-0.05, 0) is 18.6 Å². The molecule has 0 saturated heterocycles. The summed E-state index contributed by atoms with van der Waals surface area (Å²) in [5.74, 6) is 0. The zero-order valence-electron chi connectivity index (χ0n) is 19.2. The van der Waals surface area contributed by atoms with E-state index in [1.807, 2.05) is 18.2 Å². The summed E-state index contributed by atoms with van der Waals surface area (Å²) in [6, 6.07) is 31.8. The standard InChI is InChI=1S/C28H30N2O.Na/c1-2-3-4-5-15-22-31-28-29-26(23-16-9-6-10-17-23)27(24-18-11-7-12-19-24)30(28)25-20-13-8-14-21-25;/h6-14,16-21H,2-5,15,22H2,1H3;. The Morgan fingerprint density at radius 1 is 0.688 bits per heavy atom. The third-order valence-electron chi connectivity index (χ3n) is 5.43. The molecular formula is C28H30N2NaO. The van der Waals surface area contributed by atoms with Gasteiger partial charge < -0.3 is 4.74 Å². The van der Waals surface area contributed by atoms with Gasteiger partial charge in [0.2, 0.25) is 0 Å². The average Bonchev–Trinajstić information content (AvgIpc) is 3.22.